The standard InChI is InChI=1S/C28H24N6O.C25H26N6O.C24H23F3N6O/c29-27-26-25(23-18-21-8-4-5-9-22(21)31-23)32-28(34(26)17-14-30-27)20-12-15-33(16-13-20)24(35)11-10-19-6-2-1-3-7-19;1-2-3-4-9-21(32)30-13-10-17(11-14-30)25-29-22(23-24(26)27-12-15-31(23)25)20-16-18-7-5-6-8-19(18)28-20;25-24(26,27)23(7-8-23)22(34)32-10-5-14(6-11-32)21-31-18(19-20(28)29-9-12-33(19)21)17-13-15-3-1-2-4-16(15)30-17/h1-9,14,17-18,20,31H,12-13,15-16H2,(H2,29,30);1,5-8,12,15-17,28H,3-4,9-11,13-14H2,(H2,26,27);1-4,9,12-14,30H,5-8,10-11H2,(H2,28,29). The molecule has 1 saturated carbocycles. The van der Waals surface area contributed by atoms with Crippen molar-refractivity contribution in [2.45, 2.75) is 94.6 Å². The molecule has 9 aromatic heterocycles. The fraction of sp³-hybridized carbons (Fsp3) is 0.286. The minimum atomic E-state index is -4.49. The van der Waals surface area contributed by atoms with Crippen LogP contribution in [-0.4, -0.2) is 136 Å². The fourth-order valence-corrected chi connectivity index (χ4v) is 14.6. The molecule has 12 heterocycles. The Kier molecular flexibility index (Phi) is 17.4. The summed E-state index contributed by atoms with van der Waals surface area (Å²) in [5.41, 5.74) is 27.9. The van der Waals surface area contributed by atoms with Gasteiger partial charge in [-0.2, -0.15) is 13.2 Å². The molecular formula is C77H73F3N18O3. The van der Waals surface area contributed by atoms with Crippen molar-refractivity contribution < 1.29 is 27.6 Å². The summed E-state index contributed by atoms with van der Waals surface area (Å²) in [7, 11) is 0. The Balaban J connectivity index is 0.000000123. The van der Waals surface area contributed by atoms with Crippen LogP contribution in [0, 0.1) is 29.6 Å². The number of carbonyl (C=O) groups is 3. The molecule has 101 heavy (non-hydrogen) atoms. The van der Waals surface area contributed by atoms with E-state index in [0.717, 1.165) is 140 Å². The van der Waals surface area contributed by atoms with Crippen LogP contribution in [0.2, 0.25) is 0 Å². The summed E-state index contributed by atoms with van der Waals surface area (Å²) < 4.78 is 46.3. The van der Waals surface area contributed by atoms with Crippen molar-refractivity contribution in [3.05, 3.63) is 182 Å². The third kappa shape index (κ3) is 12.7. The number of para-hydroxylation sites is 3. The maximum absolute atomic E-state index is 13.4. The number of fused-ring (bicyclic) bond motifs is 6. The van der Waals surface area contributed by atoms with E-state index in [1.807, 2.05) is 118 Å². The minimum Gasteiger partial charge on any atom is -0.382 e. The number of anilines is 3. The number of nitrogens with zero attached hydrogens (tertiary/aromatic N) is 12. The number of piperidine rings is 3. The number of likely N-dealkylation sites (tertiary alicyclic amines) is 3. The lowest BCUT2D eigenvalue weighted by Crippen LogP contribution is -2.47. The van der Waals surface area contributed by atoms with Crippen LogP contribution in [0.1, 0.15) is 111 Å². The van der Waals surface area contributed by atoms with Crippen LogP contribution in [0.15, 0.2) is 159 Å². The topological polar surface area (TPSA) is 277 Å². The Labute approximate surface area is 578 Å². The predicted molar refractivity (Wildman–Crippen MR) is 383 cm³/mol. The lowest BCUT2D eigenvalue weighted by molar-refractivity contribution is -0.199. The summed E-state index contributed by atoms with van der Waals surface area (Å²) in [6.07, 6.45) is 17.6. The average Bonchev–Trinajstić information content (AvgIpc) is 1.61. The van der Waals surface area contributed by atoms with Gasteiger partial charge in [0.15, 0.2) is 0 Å². The maximum Gasteiger partial charge on any atom is 0.403 e. The number of hydrogen-bond acceptors (Lipinski definition) is 12. The second-order valence-corrected chi connectivity index (χ2v) is 26.4. The van der Waals surface area contributed by atoms with Gasteiger partial charge < -0.3 is 46.9 Å². The number of halogens is 3. The number of hydrogen-bond donors (Lipinski definition) is 6. The van der Waals surface area contributed by atoms with E-state index in [9.17, 15) is 27.6 Å². The zero-order valence-electron chi connectivity index (χ0n) is 55.3. The van der Waals surface area contributed by atoms with Crippen LogP contribution >= 0.6 is 0 Å². The van der Waals surface area contributed by atoms with Crippen molar-refractivity contribution >= 4 is 84.4 Å². The van der Waals surface area contributed by atoms with Crippen molar-refractivity contribution in [3.63, 3.8) is 0 Å². The number of rotatable bonds is 10. The van der Waals surface area contributed by atoms with Gasteiger partial charge in [-0.1, -0.05) is 78.7 Å². The number of alkyl halides is 3. The lowest BCUT2D eigenvalue weighted by atomic mass is 9.94. The van der Waals surface area contributed by atoms with E-state index in [1.165, 1.54) is 4.90 Å². The average molecular weight is 1360 g/mol. The van der Waals surface area contributed by atoms with Gasteiger partial charge in [-0.3, -0.25) is 27.6 Å². The Morgan fingerprint density at radius 2 is 0.901 bits per heavy atom. The largest absolute Gasteiger partial charge is 0.403 e. The van der Waals surface area contributed by atoms with Crippen LogP contribution < -0.4 is 17.2 Å². The number of unbranched alkanes of at least 4 members (excludes halogenated alkanes) is 1. The first-order chi connectivity index (χ1) is 49.1. The zero-order chi connectivity index (χ0) is 69.5. The number of amides is 3. The number of nitrogens with two attached hydrogens (primary N) is 3. The lowest BCUT2D eigenvalue weighted by Gasteiger charge is -2.34. The van der Waals surface area contributed by atoms with Crippen LogP contribution in [-0.2, 0) is 14.4 Å². The number of nitrogen functional groups attached to an aromatic ring is 3. The molecule has 3 saturated heterocycles. The monoisotopic (exact) mass is 1350 g/mol. The summed E-state index contributed by atoms with van der Waals surface area (Å²) >= 11 is 0. The van der Waals surface area contributed by atoms with Crippen molar-refractivity contribution in [2.24, 2.45) is 5.41 Å². The summed E-state index contributed by atoms with van der Waals surface area (Å²) in [5, 5.41) is 3.30. The molecule has 4 aromatic carbocycles. The third-order valence-corrected chi connectivity index (χ3v) is 20.2. The number of benzene rings is 4. The van der Waals surface area contributed by atoms with Crippen molar-refractivity contribution in [2.75, 3.05) is 56.5 Å². The summed E-state index contributed by atoms with van der Waals surface area (Å²) in [5.74, 6) is 12.0. The highest BCUT2D eigenvalue weighted by Gasteiger charge is 2.69. The molecule has 0 atom stereocenters. The van der Waals surface area contributed by atoms with Gasteiger partial charge in [0.2, 0.25) is 11.8 Å². The van der Waals surface area contributed by atoms with Crippen molar-refractivity contribution in [1.29, 1.82) is 0 Å². The Bertz CT molecular complexity index is 5280. The van der Waals surface area contributed by atoms with E-state index in [0.29, 0.717) is 67.4 Å². The molecule has 3 aliphatic heterocycles. The molecule has 0 bridgehead atoms. The highest BCUT2D eigenvalue weighted by Crippen LogP contribution is 2.59. The molecule has 21 nitrogen and oxygen atoms in total. The van der Waals surface area contributed by atoms with Gasteiger partial charge in [-0.25, -0.2) is 29.9 Å². The van der Waals surface area contributed by atoms with E-state index in [2.05, 4.69) is 86.8 Å². The number of aromatic amines is 3. The molecule has 510 valence electrons. The minimum absolute atomic E-state index is 0.0162. The number of H-pyrrole nitrogens is 3. The first-order valence-corrected chi connectivity index (χ1v) is 34.2. The molecule has 9 N–H and O–H groups in total. The SMILES string of the molecule is C#CCCCC(=O)N1CCC(c2nc(-c3cc4ccccc4[nH]3)c3c(N)nccn23)CC1.Nc1nccn2c(C3CCN(C(=O)C#Cc4ccccc4)CC3)nc(-c3cc4ccccc4[nH]3)c12.Nc1nccn2c(C3CCN(C(=O)C4(C(F)(F)F)CC4)CC3)nc(-c3cc4ccccc4[nH]3)c12. The number of imidazole rings is 3. The molecule has 24 heteroatoms. The summed E-state index contributed by atoms with van der Waals surface area (Å²) in [6.45, 7) is 3.30. The molecule has 3 amide bonds. The summed E-state index contributed by atoms with van der Waals surface area (Å²) in [6, 6.07) is 40.0. The smallest absolute Gasteiger partial charge is 0.382 e. The van der Waals surface area contributed by atoms with Gasteiger partial charge in [0.25, 0.3) is 5.91 Å². The van der Waals surface area contributed by atoms with E-state index in [1.54, 1.807) is 24.8 Å². The Morgan fingerprint density at radius 3 is 1.28 bits per heavy atom. The van der Waals surface area contributed by atoms with Gasteiger partial charge in [-0.05, 0) is 106 Å². The number of carbonyl (C=O) groups excluding carboxylic acids is 3. The number of terminal acetylenes is 1. The first kappa shape index (κ1) is 65.0. The normalized spacial score (nSPS) is 15.9. The van der Waals surface area contributed by atoms with Crippen molar-refractivity contribution in [3.8, 4) is 58.3 Å². The second-order valence-electron chi connectivity index (χ2n) is 26.4. The summed E-state index contributed by atoms with van der Waals surface area (Å²) in [4.78, 5) is 81.2. The molecule has 4 fully saturated rings. The molecule has 4 aliphatic rings. The molecule has 13 aromatic rings. The van der Waals surface area contributed by atoms with Crippen LogP contribution in [0.25, 0.3) is 83.4 Å². The van der Waals surface area contributed by atoms with Gasteiger partial charge >= 0.3 is 6.18 Å². The Morgan fingerprint density at radius 1 is 0.525 bits per heavy atom. The molecule has 0 radical (unpaired) electrons. The van der Waals surface area contributed by atoms with Gasteiger partial charge in [0, 0.05) is 151 Å². The fourth-order valence-electron chi connectivity index (χ4n) is 14.6. The number of nitrogens with one attached hydrogen (secondary N) is 3. The van der Waals surface area contributed by atoms with E-state index >= 15 is 0 Å². The van der Waals surface area contributed by atoms with Crippen LogP contribution in [0.3, 0.4) is 0 Å². The van der Waals surface area contributed by atoms with Crippen LogP contribution in [0.5, 0.6) is 0 Å². The highest BCUT2D eigenvalue weighted by atomic mass is 19.4. The van der Waals surface area contributed by atoms with E-state index < -0.39 is 17.5 Å². The van der Waals surface area contributed by atoms with E-state index in [4.69, 9.17) is 38.6 Å². The van der Waals surface area contributed by atoms with Gasteiger partial charge in [-0.15, -0.1) is 12.3 Å². The quantitative estimate of drug-likeness (QED) is 0.0551. The predicted octanol–water partition coefficient (Wildman–Crippen LogP) is 12.7. The highest BCUT2D eigenvalue weighted by molar-refractivity contribution is 5.96. The van der Waals surface area contributed by atoms with Gasteiger partial charge in [0.1, 0.15) is 74.0 Å². The first-order valence-electron chi connectivity index (χ1n) is 34.2. The molecule has 1 aliphatic carbocycles. The molecule has 0 spiro atoms. The molecule has 17 rings (SSSR count). The van der Waals surface area contributed by atoms with Crippen molar-refractivity contribution in [1.82, 2.24) is 72.8 Å². The molecular weight excluding hydrogens is 1280 g/mol. The molecule has 0 unspecified atom stereocenters. The second kappa shape index (κ2) is 27.1. The van der Waals surface area contributed by atoms with Crippen LogP contribution in [0.4, 0.5) is 30.6 Å². The Hall–Kier alpha value is -11.9. The number of aromatic nitrogens is 12. The third-order valence-electron chi connectivity index (χ3n) is 20.2. The maximum atomic E-state index is 13.4. The van der Waals surface area contributed by atoms with Gasteiger partial charge in [0.05, 0.1) is 17.1 Å². The zero-order valence-corrected chi connectivity index (χ0v) is 55.3. The van der Waals surface area contributed by atoms with E-state index in [-0.39, 0.29) is 55.5 Å².